The number of guanidine groups is 1. The van der Waals surface area contributed by atoms with Gasteiger partial charge in [-0.3, -0.25) is 9.89 Å². The number of morpholine rings is 1. The zero-order chi connectivity index (χ0) is 20.3. The molecule has 4 rings (SSSR count). The van der Waals surface area contributed by atoms with Gasteiger partial charge in [0, 0.05) is 51.2 Å². The van der Waals surface area contributed by atoms with Crippen LogP contribution in [0.15, 0.2) is 23.2 Å². The first-order valence-electron chi connectivity index (χ1n) is 10.7. The van der Waals surface area contributed by atoms with Gasteiger partial charge >= 0.3 is 0 Å². The predicted octanol–water partition coefficient (Wildman–Crippen LogP) is 2.34. The summed E-state index contributed by atoms with van der Waals surface area (Å²) in [7, 11) is 1.88. The highest BCUT2D eigenvalue weighted by Gasteiger charge is 2.31. The van der Waals surface area contributed by atoms with E-state index < -0.39 is 0 Å². The molecule has 0 aromatic heterocycles. The van der Waals surface area contributed by atoms with Gasteiger partial charge in [0.15, 0.2) is 17.5 Å². The van der Waals surface area contributed by atoms with Gasteiger partial charge in [-0.25, -0.2) is 0 Å². The van der Waals surface area contributed by atoms with Gasteiger partial charge in [0.05, 0.1) is 13.2 Å². The van der Waals surface area contributed by atoms with Crippen molar-refractivity contribution in [2.75, 3.05) is 66.2 Å². The lowest BCUT2D eigenvalue weighted by atomic mass is 9.84. The molecule has 7 nitrogen and oxygen atoms in total. The number of nitrogens with zero attached hydrogens (tertiary/aromatic N) is 3. The Labute approximate surface area is 197 Å². The molecule has 0 spiro atoms. The van der Waals surface area contributed by atoms with Crippen LogP contribution < -0.4 is 14.8 Å². The van der Waals surface area contributed by atoms with Crippen LogP contribution in [0.3, 0.4) is 0 Å². The Balaban J connectivity index is 0.00000256. The molecule has 3 aliphatic rings. The molecule has 1 aromatic carbocycles. The first-order chi connectivity index (χ1) is 14.1. The summed E-state index contributed by atoms with van der Waals surface area (Å²) >= 11 is 0. The van der Waals surface area contributed by atoms with E-state index in [-0.39, 0.29) is 29.4 Å². The van der Waals surface area contributed by atoms with Crippen LogP contribution in [0.5, 0.6) is 11.5 Å². The predicted molar refractivity (Wildman–Crippen MR) is 130 cm³/mol. The Morgan fingerprint density at radius 3 is 2.57 bits per heavy atom. The fourth-order valence-corrected chi connectivity index (χ4v) is 4.37. The molecule has 3 aliphatic heterocycles. The Morgan fingerprint density at radius 1 is 1.10 bits per heavy atom. The van der Waals surface area contributed by atoms with Crippen molar-refractivity contribution in [1.29, 1.82) is 0 Å². The van der Waals surface area contributed by atoms with Gasteiger partial charge in [0.2, 0.25) is 0 Å². The molecule has 168 valence electrons. The Hall–Kier alpha value is -1.26. The molecule has 0 radical (unpaired) electrons. The first kappa shape index (κ1) is 23.4. The number of likely N-dealkylation sites (tertiary alicyclic amines) is 1. The van der Waals surface area contributed by atoms with Gasteiger partial charge in [-0.05, 0) is 24.1 Å². The fraction of sp³-hybridized carbons (Fsp3) is 0.682. The standard InChI is InChI=1S/C22H34N4O3.HI/c1-22(2,17-4-5-19-20(14-17)29-13-12-28-19)16-24-21(23-3)26-7-6-18(15-26)25-8-10-27-11-9-25;/h4-5,14,18H,6-13,15-16H2,1-3H3,(H,23,24);1H. The SMILES string of the molecule is CN=C(NCC(C)(C)c1ccc2c(c1)OCCO2)N1CCC(N2CCOCC2)C1.I. The third kappa shape index (κ3) is 5.31. The highest BCUT2D eigenvalue weighted by Crippen LogP contribution is 2.35. The minimum absolute atomic E-state index is 0. The van der Waals surface area contributed by atoms with Crippen molar-refractivity contribution in [3.8, 4) is 11.5 Å². The molecule has 1 N–H and O–H groups in total. The molecule has 0 aliphatic carbocycles. The molecule has 1 unspecified atom stereocenters. The summed E-state index contributed by atoms with van der Waals surface area (Å²) in [6.45, 7) is 12.4. The molecular weight excluding hydrogens is 495 g/mol. The Bertz CT molecular complexity index is 737. The second kappa shape index (κ2) is 10.4. The van der Waals surface area contributed by atoms with Gasteiger partial charge in [0.25, 0.3) is 0 Å². The maximum absolute atomic E-state index is 5.77. The van der Waals surface area contributed by atoms with Gasteiger partial charge in [-0.2, -0.15) is 0 Å². The van der Waals surface area contributed by atoms with Crippen molar-refractivity contribution >= 4 is 29.9 Å². The van der Waals surface area contributed by atoms with E-state index in [0.29, 0.717) is 19.3 Å². The number of nitrogens with one attached hydrogen (secondary N) is 1. The van der Waals surface area contributed by atoms with E-state index in [1.54, 1.807) is 0 Å². The molecule has 0 bridgehead atoms. The quantitative estimate of drug-likeness (QED) is 0.367. The van der Waals surface area contributed by atoms with Gasteiger partial charge in [-0.15, -0.1) is 24.0 Å². The Morgan fingerprint density at radius 2 is 1.83 bits per heavy atom. The summed E-state index contributed by atoms with van der Waals surface area (Å²) in [6, 6.07) is 6.88. The number of benzene rings is 1. The van der Waals surface area contributed by atoms with Gasteiger partial charge in [0.1, 0.15) is 13.2 Å². The van der Waals surface area contributed by atoms with E-state index in [1.165, 1.54) is 12.0 Å². The van der Waals surface area contributed by atoms with Crippen LogP contribution in [0, 0.1) is 0 Å². The summed E-state index contributed by atoms with van der Waals surface area (Å²) in [6.07, 6.45) is 1.19. The molecule has 0 saturated carbocycles. The third-order valence-corrected chi connectivity index (χ3v) is 6.25. The minimum atomic E-state index is -0.0604. The minimum Gasteiger partial charge on any atom is -0.486 e. The fourth-order valence-electron chi connectivity index (χ4n) is 4.37. The number of hydrogen-bond acceptors (Lipinski definition) is 5. The van der Waals surface area contributed by atoms with Crippen LogP contribution in [-0.2, 0) is 10.2 Å². The number of halogens is 1. The molecular formula is C22H35IN4O3. The smallest absolute Gasteiger partial charge is 0.193 e. The number of ether oxygens (including phenoxy) is 3. The van der Waals surface area contributed by atoms with E-state index in [2.05, 4.69) is 46.1 Å². The van der Waals surface area contributed by atoms with Crippen molar-refractivity contribution < 1.29 is 14.2 Å². The van der Waals surface area contributed by atoms with Crippen molar-refractivity contribution in [2.24, 2.45) is 4.99 Å². The van der Waals surface area contributed by atoms with Crippen LogP contribution in [0.4, 0.5) is 0 Å². The summed E-state index contributed by atoms with van der Waals surface area (Å²) in [5, 5.41) is 3.61. The van der Waals surface area contributed by atoms with E-state index in [4.69, 9.17) is 14.2 Å². The average Bonchev–Trinajstić information content (AvgIpc) is 3.24. The van der Waals surface area contributed by atoms with E-state index in [9.17, 15) is 0 Å². The van der Waals surface area contributed by atoms with Crippen molar-refractivity contribution in [1.82, 2.24) is 15.1 Å². The number of fused-ring (bicyclic) bond motifs is 1. The van der Waals surface area contributed by atoms with Gasteiger partial charge in [-0.1, -0.05) is 19.9 Å². The van der Waals surface area contributed by atoms with Crippen LogP contribution in [-0.4, -0.2) is 88.0 Å². The highest BCUT2D eigenvalue weighted by molar-refractivity contribution is 14.0. The Kier molecular flexibility index (Phi) is 8.09. The van der Waals surface area contributed by atoms with Gasteiger partial charge < -0.3 is 24.4 Å². The number of rotatable bonds is 4. The van der Waals surface area contributed by atoms with Crippen LogP contribution in [0.25, 0.3) is 0 Å². The van der Waals surface area contributed by atoms with E-state index >= 15 is 0 Å². The largest absolute Gasteiger partial charge is 0.486 e. The summed E-state index contributed by atoms with van der Waals surface area (Å²) in [5.74, 6) is 2.68. The van der Waals surface area contributed by atoms with Crippen LogP contribution in [0.2, 0.25) is 0 Å². The third-order valence-electron chi connectivity index (χ3n) is 6.25. The van der Waals surface area contributed by atoms with E-state index in [0.717, 1.165) is 63.4 Å². The molecule has 1 atom stereocenters. The maximum atomic E-state index is 5.77. The number of hydrogen-bond donors (Lipinski definition) is 1. The van der Waals surface area contributed by atoms with E-state index in [1.807, 2.05) is 13.1 Å². The molecule has 2 fully saturated rings. The topological polar surface area (TPSA) is 58.6 Å². The lowest BCUT2D eigenvalue weighted by Gasteiger charge is -2.33. The second-order valence-corrected chi connectivity index (χ2v) is 8.68. The van der Waals surface area contributed by atoms with Crippen molar-refractivity contribution in [3.63, 3.8) is 0 Å². The molecule has 2 saturated heterocycles. The highest BCUT2D eigenvalue weighted by atomic mass is 127. The molecule has 0 amide bonds. The molecule has 3 heterocycles. The second-order valence-electron chi connectivity index (χ2n) is 8.68. The lowest BCUT2D eigenvalue weighted by Crippen LogP contribution is -2.48. The molecule has 1 aromatic rings. The zero-order valence-electron chi connectivity index (χ0n) is 18.4. The lowest BCUT2D eigenvalue weighted by molar-refractivity contribution is 0.0195. The normalized spacial score (nSPS) is 22.6. The van der Waals surface area contributed by atoms with Crippen LogP contribution >= 0.6 is 24.0 Å². The molecule has 8 heteroatoms. The summed E-state index contributed by atoms with van der Waals surface area (Å²) in [5.41, 5.74) is 1.17. The first-order valence-corrected chi connectivity index (χ1v) is 10.7. The van der Waals surface area contributed by atoms with Crippen molar-refractivity contribution in [2.45, 2.75) is 31.7 Å². The van der Waals surface area contributed by atoms with Crippen molar-refractivity contribution in [3.05, 3.63) is 23.8 Å². The number of aliphatic imine (C=N–C) groups is 1. The zero-order valence-corrected chi connectivity index (χ0v) is 20.7. The summed E-state index contributed by atoms with van der Waals surface area (Å²) < 4.78 is 16.9. The molecule has 30 heavy (non-hydrogen) atoms. The maximum Gasteiger partial charge on any atom is 0.193 e. The average molecular weight is 530 g/mol. The summed E-state index contributed by atoms with van der Waals surface area (Å²) in [4.78, 5) is 9.51. The monoisotopic (exact) mass is 530 g/mol. The van der Waals surface area contributed by atoms with Crippen LogP contribution in [0.1, 0.15) is 25.8 Å².